The maximum absolute atomic E-state index is 12.1. The maximum Gasteiger partial charge on any atom is 0.396 e. The van der Waals surface area contributed by atoms with E-state index in [1.807, 2.05) is 42.5 Å². The van der Waals surface area contributed by atoms with E-state index in [4.69, 9.17) is 9.15 Å². The SMILES string of the molecule is CN(C)CC(=O)Oc1cc(-c2ccc(-c3ccccc3)cc2)c2oc(=O)sc2c1. The zero-order valence-electron chi connectivity index (χ0n) is 16.0. The molecular formula is C23H19NO4S. The molecule has 4 aromatic rings. The lowest BCUT2D eigenvalue weighted by Crippen LogP contribution is -2.25. The van der Waals surface area contributed by atoms with Crippen LogP contribution < -0.4 is 9.68 Å². The maximum atomic E-state index is 12.1. The molecule has 0 radical (unpaired) electrons. The van der Waals surface area contributed by atoms with Gasteiger partial charge in [-0.15, -0.1) is 0 Å². The van der Waals surface area contributed by atoms with Crippen LogP contribution in [0.3, 0.4) is 0 Å². The molecule has 0 aliphatic carbocycles. The van der Waals surface area contributed by atoms with E-state index in [0.29, 0.717) is 21.6 Å². The summed E-state index contributed by atoms with van der Waals surface area (Å²) < 4.78 is 11.5. The first-order valence-electron chi connectivity index (χ1n) is 9.08. The van der Waals surface area contributed by atoms with Crippen LogP contribution in [0.25, 0.3) is 32.5 Å². The van der Waals surface area contributed by atoms with Gasteiger partial charge in [-0.3, -0.25) is 9.69 Å². The minimum atomic E-state index is -0.390. The van der Waals surface area contributed by atoms with Gasteiger partial charge in [0, 0.05) is 11.6 Å². The fourth-order valence-electron chi connectivity index (χ4n) is 3.12. The van der Waals surface area contributed by atoms with Crippen molar-refractivity contribution in [1.29, 1.82) is 0 Å². The molecule has 0 aliphatic rings. The summed E-state index contributed by atoms with van der Waals surface area (Å²) in [5.41, 5.74) is 4.30. The van der Waals surface area contributed by atoms with E-state index in [2.05, 4.69) is 12.1 Å². The second-order valence-corrected chi connectivity index (χ2v) is 7.88. The van der Waals surface area contributed by atoms with Crippen molar-refractivity contribution in [3.8, 4) is 28.0 Å². The van der Waals surface area contributed by atoms with Crippen LogP contribution in [0.4, 0.5) is 0 Å². The monoisotopic (exact) mass is 405 g/mol. The van der Waals surface area contributed by atoms with E-state index in [9.17, 15) is 9.59 Å². The van der Waals surface area contributed by atoms with E-state index >= 15 is 0 Å². The Labute approximate surface area is 171 Å². The van der Waals surface area contributed by atoms with Crippen molar-refractivity contribution in [2.24, 2.45) is 0 Å². The van der Waals surface area contributed by atoms with E-state index < -0.39 is 0 Å². The Hall–Kier alpha value is -3.22. The Bertz CT molecular complexity index is 1210. The van der Waals surface area contributed by atoms with Crippen LogP contribution in [0.5, 0.6) is 5.75 Å². The van der Waals surface area contributed by atoms with Gasteiger partial charge in [0.2, 0.25) is 0 Å². The lowest BCUT2D eigenvalue weighted by atomic mass is 10.00. The average molecular weight is 405 g/mol. The molecule has 0 saturated carbocycles. The third-order valence-electron chi connectivity index (χ3n) is 4.39. The molecule has 0 fully saturated rings. The van der Waals surface area contributed by atoms with E-state index in [1.54, 1.807) is 31.1 Å². The molecule has 0 saturated heterocycles. The Morgan fingerprint density at radius 2 is 1.62 bits per heavy atom. The molecule has 3 aromatic carbocycles. The van der Waals surface area contributed by atoms with Gasteiger partial charge in [0.25, 0.3) is 0 Å². The van der Waals surface area contributed by atoms with Gasteiger partial charge in [-0.05, 0) is 36.9 Å². The molecule has 0 atom stereocenters. The van der Waals surface area contributed by atoms with Crippen molar-refractivity contribution in [2.45, 2.75) is 0 Å². The Morgan fingerprint density at radius 1 is 0.966 bits per heavy atom. The number of benzene rings is 3. The number of fused-ring (bicyclic) bond motifs is 1. The highest BCUT2D eigenvalue weighted by Gasteiger charge is 2.15. The van der Waals surface area contributed by atoms with Crippen molar-refractivity contribution < 1.29 is 13.9 Å². The normalized spacial score (nSPS) is 11.1. The molecule has 0 N–H and O–H groups in total. The molecule has 29 heavy (non-hydrogen) atoms. The highest BCUT2D eigenvalue weighted by Crippen LogP contribution is 2.35. The van der Waals surface area contributed by atoms with Crippen molar-refractivity contribution in [1.82, 2.24) is 4.90 Å². The van der Waals surface area contributed by atoms with Crippen molar-refractivity contribution >= 4 is 27.6 Å². The lowest BCUT2D eigenvalue weighted by molar-refractivity contribution is -0.135. The molecule has 0 amide bonds. The zero-order chi connectivity index (χ0) is 20.4. The van der Waals surface area contributed by atoms with Crippen molar-refractivity contribution in [3.63, 3.8) is 0 Å². The number of carbonyl (C=O) groups excluding carboxylic acids is 1. The van der Waals surface area contributed by atoms with Crippen LogP contribution in [-0.4, -0.2) is 31.5 Å². The number of likely N-dealkylation sites (N-methyl/N-ethyl adjacent to an activating group) is 1. The number of carbonyl (C=O) groups is 1. The summed E-state index contributed by atoms with van der Waals surface area (Å²) in [7, 11) is 3.60. The third-order valence-corrected chi connectivity index (χ3v) is 5.16. The fraction of sp³-hybridized carbons (Fsp3) is 0.130. The van der Waals surface area contributed by atoms with Crippen LogP contribution in [0, 0.1) is 0 Å². The predicted octanol–water partition coefficient (Wildman–Crippen LogP) is 4.66. The highest BCUT2D eigenvalue weighted by atomic mass is 32.1. The Kier molecular flexibility index (Phi) is 5.29. The molecule has 1 aromatic heterocycles. The van der Waals surface area contributed by atoms with Crippen LogP contribution in [0.1, 0.15) is 0 Å². The summed E-state index contributed by atoms with van der Waals surface area (Å²) in [5, 5.41) is 0. The Balaban J connectivity index is 1.74. The number of esters is 1. The molecule has 0 aliphatic heterocycles. The zero-order valence-corrected chi connectivity index (χ0v) is 16.9. The molecule has 0 bridgehead atoms. The van der Waals surface area contributed by atoms with Gasteiger partial charge in [0.1, 0.15) is 5.75 Å². The van der Waals surface area contributed by atoms with Gasteiger partial charge in [-0.1, -0.05) is 65.9 Å². The molecule has 146 valence electrons. The highest BCUT2D eigenvalue weighted by molar-refractivity contribution is 7.16. The first-order valence-corrected chi connectivity index (χ1v) is 9.90. The second-order valence-electron chi connectivity index (χ2n) is 6.91. The first-order chi connectivity index (χ1) is 14.0. The van der Waals surface area contributed by atoms with Gasteiger partial charge in [-0.2, -0.15) is 0 Å². The molecule has 0 spiro atoms. The number of hydrogen-bond donors (Lipinski definition) is 0. The van der Waals surface area contributed by atoms with Crippen LogP contribution in [0.2, 0.25) is 0 Å². The van der Waals surface area contributed by atoms with Crippen molar-refractivity contribution in [2.75, 3.05) is 20.6 Å². The molecule has 0 unspecified atom stereocenters. The number of ether oxygens (including phenoxy) is 1. The number of nitrogens with zero attached hydrogens (tertiary/aromatic N) is 1. The quantitative estimate of drug-likeness (QED) is 0.357. The smallest absolute Gasteiger partial charge is 0.396 e. The minimum Gasteiger partial charge on any atom is -0.426 e. The van der Waals surface area contributed by atoms with Crippen LogP contribution in [0.15, 0.2) is 75.9 Å². The molecule has 4 rings (SSSR count). The summed E-state index contributed by atoms with van der Waals surface area (Å²) in [5.74, 6) is 0.0269. The van der Waals surface area contributed by atoms with Gasteiger partial charge < -0.3 is 9.15 Å². The fourth-order valence-corrected chi connectivity index (χ4v) is 3.84. The largest absolute Gasteiger partial charge is 0.426 e. The summed E-state index contributed by atoms with van der Waals surface area (Å²) in [6.45, 7) is 0.167. The van der Waals surface area contributed by atoms with Gasteiger partial charge >= 0.3 is 10.9 Å². The van der Waals surface area contributed by atoms with E-state index in [0.717, 1.165) is 28.0 Å². The molecule has 6 heteroatoms. The summed E-state index contributed by atoms with van der Waals surface area (Å²) in [6, 6.07) is 21.5. The lowest BCUT2D eigenvalue weighted by Gasteiger charge is -2.11. The van der Waals surface area contributed by atoms with Crippen molar-refractivity contribution in [3.05, 3.63) is 76.5 Å². The summed E-state index contributed by atoms with van der Waals surface area (Å²) in [6.07, 6.45) is 0. The van der Waals surface area contributed by atoms with E-state index in [-0.39, 0.29) is 17.5 Å². The minimum absolute atomic E-state index is 0.167. The average Bonchev–Trinajstić information content (AvgIpc) is 3.07. The van der Waals surface area contributed by atoms with Gasteiger partial charge in [0.05, 0.1) is 11.2 Å². The number of rotatable bonds is 5. The summed E-state index contributed by atoms with van der Waals surface area (Å²) in [4.78, 5) is 25.2. The molecular weight excluding hydrogens is 386 g/mol. The van der Waals surface area contributed by atoms with E-state index in [1.165, 1.54) is 0 Å². The predicted molar refractivity (Wildman–Crippen MR) is 115 cm³/mol. The Morgan fingerprint density at radius 3 is 2.31 bits per heavy atom. The van der Waals surface area contributed by atoms with Crippen LogP contribution >= 0.6 is 11.3 Å². The molecule has 1 heterocycles. The third kappa shape index (κ3) is 4.29. The topological polar surface area (TPSA) is 59.8 Å². The second kappa shape index (κ2) is 8.03. The standard InChI is InChI=1S/C23H19NO4S/c1-24(2)14-21(25)27-18-12-19(22-20(13-18)29-23(26)28-22)17-10-8-16(9-11-17)15-6-4-3-5-7-15/h3-13H,14H2,1-2H3. The summed E-state index contributed by atoms with van der Waals surface area (Å²) >= 11 is 0.992. The molecule has 5 nitrogen and oxygen atoms in total. The van der Waals surface area contributed by atoms with Crippen LogP contribution in [-0.2, 0) is 4.79 Å². The van der Waals surface area contributed by atoms with Gasteiger partial charge in [0.15, 0.2) is 5.58 Å². The first kappa shape index (κ1) is 19.1. The van der Waals surface area contributed by atoms with Gasteiger partial charge in [-0.25, -0.2) is 4.79 Å². The number of hydrogen-bond acceptors (Lipinski definition) is 6.